The van der Waals surface area contributed by atoms with Crippen molar-refractivity contribution < 1.29 is 0 Å². The van der Waals surface area contributed by atoms with Crippen molar-refractivity contribution in [1.82, 2.24) is 5.32 Å². The smallest absolute Gasteiger partial charge is 0.0438 e. The van der Waals surface area contributed by atoms with Crippen LogP contribution in [0.3, 0.4) is 0 Å². The third-order valence-electron chi connectivity index (χ3n) is 3.27. The minimum atomic E-state index is 1.09. The van der Waals surface area contributed by atoms with Crippen molar-refractivity contribution in [3.05, 3.63) is 27.2 Å². The molecule has 0 amide bonds. The van der Waals surface area contributed by atoms with Gasteiger partial charge < -0.3 is 10.2 Å². The summed E-state index contributed by atoms with van der Waals surface area (Å²) in [6.07, 6.45) is 0. The molecule has 0 radical (unpaired) electrons. The molecule has 1 aromatic rings. The molecular weight excluding hydrogens is 264 g/mol. The molecule has 1 saturated heterocycles. The first-order valence-electron chi connectivity index (χ1n) is 5.83. The van der Waals surface area contributed by atoms with Gasteiger partial charge in [-0.25, -0.2) is 0 Å². The van der Waals surface area contributed by atoms with E-state index in [1.165, 1.54) is 26.9 Å². The summed E-state index contributed by atoms with van der Waals surface area (Å²) in [6, 6.07) is 2.27. The Kier molecular flexibility index (Phi) is 3.55. The lowest BCUT2D eigenvalue weighted by Gasteiger charge is -2.32. The minimum Gasteiger partial charge on any atom is -0.369 e. The Morgan fingerprint density at radius 2 is 1.75 bits per heavy atom. The normalized spacial score (nSPS) is 16.6. The zero-order chi connectivity index (χ0) is 11.7. The lowest BCUT2D eigenvalue weighted by molar-refractivity contribution is 0.587. The molecule has 0 unspecified atom stereocenters. The molecule has 0 aliphatic carbocycles. The van der Waals surface area contributed by atoms with Crippen LogP contribution in [-0.2, 0) is 0 Å². The van der Waals surface area contributed by atoms with Crippen LogP contribution >= 0.6 is 15.9 Å². The summed E-state index contributed by atoms with van der Waals surface area (Å²) in [5.41, 5.74) is 5.51. The van der Waals surface area contributed by atoms with Gasteiger partial charge in [-0.1, -0.05) is 22.0 Å². The number of nitrogens with one attached hydrogen (secondary N) is 1. The standard InChI is InChI=1S/C13H19BrN2/c1-9-8-10(2)13(11(3)12(9)14)16-6-4-15-5-7-16/h8,15H,4-7H2,1-3H3. The Bertz CT molecular complexity index is 395. The second-order valence-corrected chi connectivity index (χ2v) is 5.33. The number of halogens is 1. The largest absolute Gasteiger partial charge is 0.369 e. The number of hydrogen-bond donors (Lipinski definition) is 1. The highest BCUT2D eigenvalue weighted by molar-refractivity contribution is 9.10. The van der Waals surface area contributed by atoms with Gasteiger partial charge in [0.15, 0.2) is 0 Å². The SMILES string of the molecule is Cc1cc(C)c(N2CCNCC2)c(C)c1Br. The van der Waals surface area contributed by atoms with Gasteiger partial charge in [0.1, 0.15) is 0 Å². The molecule has 2 rings (SSSR count). The van der Waals surface area contributed by atoms with Gasteiger partial charge in [0, 0.05) is 36.3 Å². The molecule has 1 aliphatic rings. The van der Waals surface area contributed by atoms with Gasteiger partial charge in [0.05, 0.1) is 0 Å². The number of piperazine rings is 1. The van der Waals surface area contributed by atoms with Gasteiger partial charge in [0.2, 0.25) is 0 Å². The predicted octanol–water partition coefficient (Wildman–Crippen LogP) is 2.78. The first-order chi connectivity index (χ1) is 7.61. The highest BCUT2D eigenvalue weighted by Crippen LogP contribution is 2.33. The first kappa shape index (κ1) is 11.9. The van der Waals surface area contributed by atoms with Crippen molar-refractivity contribution in [2.75, 3.05) is 31.1 Å². The van der Waals surface area contributed by atoms with Crippen molar-refractivity contribution in [2.24, 2.45) is 0 Å². The maximum absolute atomic E-state index is 3.69. The second-order valence-electron chi connectivity index (χ2n) is 4.54. The number of aryl methyl sites for hydroxylation is 2. The molecule has 3 heteroatoms. The van der Waals surface area contributed by atoms with E-state index in [1.54, 1.807) is 0 Å². The highest BCUT2D eigenvalue weighted by Gasteiger charge is 2.17. The summed E-state index contributed by atoms with van der Waals surface area (Å²) in [7, 11) is 0. The average molecular weight is 283 g/mol. The second kappa shape index (κ2) is 4.76. The summed E-state index contributed by atoms with van der Waals surface area (Å²) in [5, 5.41) is 3.40. The van der Waals surface area contributed by atoms with E-state index in [9.17, 15) is 0 Å². The van der Waals surface area contributed by atoms with E-state index < -0.39 is 0 Å². The molecule has 0 bridgehead atoms. The van der Waals surface area contributed by atoms with Gasteiger partial charge in [-0.15, -0.1) is 0 Å². The van der Waals surface area contributed by atoms with Gasteiger partial charge >= 0.3 is 0 Å². The van der Waals surface area contributed by atoms with E-state index >= 15 is 0 Å². The van der Waals surface area contributed by atoms with E-state index in [-0.39, 0.29) is 0 Å². The van der Waals surface area contributed by atoms with Crippen molar-refractivity contribution in [3.8, 4) is 0 Å². The predicted molar refractivity (Wildman–Crippen MR) is 73.4 cm³/mol. The number of rotatable bonds is 1. The highest BCUT2D eigenvalue weighted by atomic mass is 79.9. The van der Waals surface area contributed by atoms with Crippen LogP contribution in [0.4, 0.5) is 5.69 Å². The van der Waals surface area contributed by atoms with E-state index in [0.717, 1.165) is 26.2 Å². The molecule has 1 heterocycles. The van der Waals surface area contributed by atoms with Crippen LogP contribution in [-0.4, -0.2) is 26.2 Å². The van der Waals surface area contributed by atoms with Crippen molar-refractivity contribution in [3.63, 3.8) is 0 Å². The summed E-state index contributed by atoms with van der Waals surface area (Å²) in [6.45, 7) is 11.0. The molecule has 0 spiro atoms. The van der Waals surface area contributed by atoms with Crippen molar-refractivity contribution in [1.29, 1.82) is 0 Å². The molecule has 1 aliphatic heterocycles. The van der Waals surface area contributed by atoms with Crippen molar-refractivity contribution in [2.45, 2.75) is 20.8 Å². The maximum atomic E-state index is 3.69. The lowest BCUT2D eigenvalue weighted by atomic mass is 10.0. The third-order valence-corrected chi connectivity index (χ3v) is 4.49. The number of hydrogen-bond acceptors (Lipinski definition) is 2. The van der Waals surface area contributed by atoms with Crippen molar-refractivity contribution >= 4 is 21.6 Å². The van der Waals surface area contributed by atoms with Gasteiger partial charge in [-0.05, 0) is 37.5 Å². The monoisotopic (exact) mass is 282 g/mol. The zero-order valence-electron chi connectivity index (χ0n) is 10.2. The van der Waals surface area contributed by atoms with Crippen LogP contribution in [0.25, 0.3) is 0 Å². The van der Waals surface area contributed by atoms with E-state index in [0.29, 0.717) is 0 Å². The average Bonchev–Trinajstić information content (AvgIpc) is 2.28. The summed E-state index contributed by atoms with van der Waals surface area (Å²) in [5.74, 6) is 0. The zero-order valence-corrected chi connectivity index (χ0v) is 11.8. The quantitative estimate of drug-likeness (QED) is 0.852. The van der Waals surface area contributed by atoms with E-state index in [1.807, 2.05) is 0 Å². The molecule has 88 valence electrons. The number of benzene rings is 1. The molecule has 1 fully saturated rings. The Balaban J connectivity index is 2.42. The Morgan fingerprint density at radius 3 is 2.38 bits per heavy atom. The fourth-order valence-corrected chi connectivity index (χ4v) is 2.83. The molecule has 1 N–H and O–H groups in total. The Morgan fingerprint density at radius 1 is 1.12 bits per heavy atom. The van der Waals surface area contributed by atoms with Crippen LogP contribution in [0, 0.1) is 20.8 Å². The Hall–Kier alpha value is -0.540. The summed E-state index contributed by atoms with van der Waals surface area (Å²) < 4.78 is 1.26. The first-order valence-corrected chi connectivity index (χ1v) is 6.62. The van der Waals surface area contributed by atoms with Crippen LogP contribution in [0.15, 0.2) is 10.5 Å². The van der Waals surface area contributed by atoms with Crippen LogP contribution in [0.1, 0.15) is 16.7 Å². The van der Waals surface area contributed by atoms with E-state index in [4.69, 9.17) is 0 Å². The maximum Gasteiger partial charge on any atom is 0.0438 e. The fourth-order valence-electron chi connectivity index (χ4n) is 2.53. The van der Waals surface area contributed by atoms with Gasteiger partial charge in [0.25, 0.3) is 0 Å². The minimum absolute atomic E-state index is 1.09. The van der Waals surface area contributed by atoms with Gasteiger partial charge in [-0.3, -0.25) is 0 Å². The molecule has 0 atom stereocenters. The summed E-state index contributed by atoms with van der Waals surface area (Å²) >= 11 is 3.69. The van der Waals surface area contributed by atoms with Crippen LogP contribution < -0.4 is 10.2 Å². The third kappa shape index (κ3) is 2.11. The topological polar surface area (TPSA) is 15.3 Å². The fraction of sp³-hybridized carbons (Fsp3) is 0.538. The Labute approximate surface area is 106 Å². The number of anilines is 1. The van der Waals surface area contributed by atoms with Crippen LogP contribution in [0.5, 0.6) is 0 Å². The van der Waals surface area contributed by atoms with Gasteiger partial charge in [-0.2, -0.15) is 0 Å². The van der Waals surface area contributed by atoms with Crippen LogP contribution in [0.2, 0.25) is 0 Å². The molecule has 16 heavy (non-hydrogen) atoms. The molecule has 0 aromatic heterocycles. The molecule has 2 nitrogen and oxygen atoms in total. The molecular formula is C13H19BrN2. The molecule has 1 aromatic carbocycles. The molecule has 0 saturated carbocycles. The number of nitrogens with zero attached hydrogens (tertiary/aromatic N) is 1. The summed E-state index contributed by atoms with van der Waals surface area (Å²) in [4.78, 5) is 2.49. The lowest BCUT2D eigenvalue weighted by Crippen LogP contribution is -2.44. The van der Waals surface area contributed by atoms with E-state index in [2.05, 4.69) is 53.0 Å².